The number of amides is 1. The van der Waals surface area contributed by atoms with Crippen LogP contribution >= 0.6 is 11.6 Å². The van der Waals surface area contributed by atoms with Crippen LogP contribution in [0.5, 0.6) is 5.75 Å². The number of nitro groups is 1. The number of carbonyl (C=O) groups excluding carboxylic acids is 1. The Bertz CT molecular complexity index is 908. The van der Waals surface area contributed by atoms with Crippen LogP contribution < -0.4 is 9.74 Å². The van der Waals surface area contributed by atoms with Gasteiger partial charge in [-0.05, 0) is 54.7 Å². The maximum Gasteiger partial charge on any atom is 0.270 e. The molecule has 30 heavy (non-hydrogen) atoms. The van der Waals surface area contributed by atoms with Crippen LogP contribution in [-0.4, -0.2) is 25.7 Å². The average Bonchev–Trinajstić information content (AvgIpc) is 2.65. The van der Waals surface area contributed by atoms with Gasteiger partial charge < -0.3 is 9.74 Å². The van der Waals surface area contributed by atoms with Gasteiger partial charge in [0.25, 0.3) is 11.6 Å². The van der Waals surface area contributed by atoms with E-state index in [1.165, 1.54) is 18.2 Å². The lowest BCUT2D eigenvalue weighted by Gasteiger charge is -2.36. The van der Waals surface area contributed by atoms with Gasteiger partial charge in [-0.3, -0.25) is 14.9 Å². The Kier molecular flexibility index (Phi) is 7.66. The predicted octanol–water partition coefficient (Wildman–Crippen LogP) is 5.99. The summed E-state index contributed by atoms with van der Waals surface area (Å²) >= 11 is 6.00. The van der Waals surface area contributed by atoms with Crippen molar-refractivity contribution in [1.82, 2.24) is 5.32 Å². The lowest BCUT2D eigenvalue weighted by molar-refractivity contribution is -0.384. The summed E-state index contributed by atoms with van der Waals surface area (Å²) in [5.74, 6) is 0.473. The van der Waals surface area contributed by atoms with Crippen molar-refractivity contribution < 1.29 is 14.1 Å². The second-order valence-corrected chi connectivity index (χ2v) is 13.9. The van der Waals surface area contributed by atoms with Gasteiger partial charge in [-0.15, -0.1) is 0 Å². The molecule has 0 aliphatic heterocycles. The van der Waals surface area contributed by atoms with Crippen molar-refractivity contribution in [2.24, 2.45) is 0 Å². The zero-order valence-electron chi connectivity index (χ0n) is 18.1. The van der Waals surface area contributed by atoms with E-state index in [1.54, 1.807) is 0 Å². The standard InChI is InChI=1S/C22H29ClN2O4Si/c1-22(2,3)30(4,5)29-18-11-8-16(9-12-18)7-6-14-24-21(26)19-15-17(25(27)28)10-13-20(19)23/h8-13,15H,6-7,14H2,1-5H3,(H,24,26). The highest BCUT2D eigenvalue weighted by molar-refractivity contribution is 6.74. The molecule has 0 radical (unpaired) electrons. The number of benzene rings is 2. The monoisotopic (exact) mass is 448 g/mol. The maximum absolute atomic E-state index is 12.3. The fourth-order valence-electron chi connectivity index (χ4n) is 2.56. The van der Waals surface area contributed by atoms with E-state index in [2.05, 4.69) is 39.2 Å². The molecule has 0 spiro atoms. The zero-order chi connectivity index (χ0) is 22.5. The van der Waals surface area contributed by atoms with Crippen LogP contribution in [0.25, 0.3) is 0 Å². The van der Waals surface area contributed by atoms with Gasteiger partial charge in [0.15, 0.2) is 0 Å². The molecule has 0 saturated carbocycles. The summed E-state index contributed by atoms with van der Waals surface area (Å²) < 4.78 is 6.29. The minimum Gasteiger partial charge on any atom is -0.544 e. The lowest BCUT2D eigenvalue weighted by atomic mass is 10.1. The minimum atomic E-state index is -1.86. The summed E-state index contributed by atoms with van der Waals surface area (Å²) in [5, 5.41) is 14.0. The van der Waals surface area contributed by atoms with Crippen LogP contribution in [0.2, 0.25) is 23.2 Å². The summed E-state index contributed by atoms with van der Waals surface area (Å²) in [6.45, 7) is 11.5. The van der Waals surface area contributed by atoms with Crippen LogP contribution in [0.1, 0.15) is 43.1 Å². The normalized spacial score (nSPS) is 11.8. The van der Waals surface area contributed by atoms with Crippen LogP contribution in [-0.2, 0) is 6.42 Å². The second kappa shape index (κ2) is 9.62. The highest BCUT2D eigenvalue weighted by Crippen LogP contribution is 2.37. The van der Waals surface area contributed by atoms with Gasteiger partial charge in [-0.2, -0.15) is 0 Å². The number of aryl methyl sites for hydroxylation is 1. The molecule has 0 aliphatic carbocycles. The van der Waals surface area contributed by atoms with E-state index in [4.69, 9.17) is 16.0 Å². The van der Waals surface area contributed by atoms with Crippen LogP contribution in [0, 0.1) is 10.1 Å². The molecular formula is C22H29ClN2O4Si. The van der Waals surface area contributed by atoms with Crippen molar-refractivity contribution in [3.63, 3.8) is 0 Å². The van der Waals surface area contributed by atoms with Gasteiger partial charge in [0.2, 0.25) is 8.32 Å². The number of nitrogens with zero attached hydrogens (tertiary/aromatic N) is 1. The summed E-state index contributed by atoms with van der Waals surface area (Å²) in [6.07, 6.45) is 1.53. The van der Waals surface area contributed by atoms with Crippen molar-refractivity contribution in [1.29, 1.82) is 0 Å². The van der Waals surface area contributed by atoms with E-state index < -0.39 is 19.1 Å². The van der Waals surface area contributed by atoms with Crippen molar-refractivity contribution in [3.8, 4) is 5.75 Å². The molecule has 0 unspecified atom stereocenters. The van der Waals surface area contributed by atoms with E-state index in [-0.39, 0.29) is 21.3 Å². The molecule has 0 heterocycles. The molecule has 0 atom stereocenters. The van der Waals surface area contributed by atoms with Gasteiger partial charge in [-0.25, -0.2) is 0 Å². The van der Waals surface area contributed by atoms with Crippen molar-refractivity contribution in [2.45, 2.75) is 51.7 Å². The molecule has 8 heteroatoms. The molecule has 0 fully saturated rings. The Morgan fingerprint density at radius 2 is 1.80 bits per heavy atom. The predicted molar refractivity (Wildman–Crippen MR) is 123 cm³/mol. The third kappa shape index (κ3) is 6.31. The number of hydrogen-bond donors (Lipinski definition) is 1. The number of rotatable bonds is 8. The number of nitro benzene ring substituents is 1. The highest BCUT2D eigenvalue weighted by atomic mass is 35.5. The van der Waals surface area contributed by atoms with Gasteiger partial charge in [-0.1, -0.05) is 44.5 Å². The largest absolute Gasteiger partial charge is 0.544 e. The van der Waals surface area contributed by atoms with Gasteiger partial charge in [0, 0.05) is 18.7 Å². The first kappa shape index (κ1) is 23.9. The molecule has 1 amide bonds. The SMILES string of the molecule is CC(C)(C)[Si](C)(C)Oc1ccc(CCCNC(=O)c2cc([N+](=O)[O-])ccc2Cl)cc1. The van der Waals surface area contributed by atoms with Crippen LogP contribution in [0.15, 0.2) is 42.5 Å². The Labute approximate surface area is 183 Å². The van der Waals surface area contributed by atoms with E-state index in [9.17, 15) is 14.9 Å². The van der Waals surface area contributed by atoms with Gasteiger partial charge in [0.05, 0.1) is 15.5 Å². The molecule has 0 bridgehead atoms. The topological polar surface area (TPSA) is 81.5 Å². The first-order chi connectivity index (χ1) is 13.9. The third-order valence-corrected chi connectivity index (χ3v) is 10.1. The quantitative estimate of drug-likeness (QED) is 0.232. The van der Waals surface area contributed by atoms with Crippen molar-refractivity contribution in [3.05, 3.63) is 68.7 Å². The molecule has 0 aromatic heterocycles. The number of non-ortho nitro benzene ring substituents is 1. The summed E-state index contributed by atoms with van der Waals surface area (Å²) in [6, 6.07) is 11.9. The second-order valence-electron chi connectivity index (χ2n) is 8.79. The summed E-state index contributed by atoms with van der Waals surface area (Å²) in [4.78, 5) is 22.6. The van der Waals surface area contributed by atoms with Crippen LogP contribution in [0.3, 0.4) is 0 Å². The number of nitrogens with one attached hydrogen (secondary N) is 1. The fourth-order valence-corrected chi connectivity index (χ4v) is 3.80. The fraction of sp³-hybridized carbons (Fsp3) is 0.409. The molecule has 0 aliphatic rings. The lowest BCUT2D eigenvalue weighted by Crippen LogP contribution is -2.43. The number of halogens is 1. The summed E-state index contributed by atoms with van der Waals surface area (Å²) in [7, 11) is -1.86. The third-order valence-electron chi connectivity index (χ3n) is 5.44. The first-order valence-electron chi connectivity index (χ1n) is 9.91. The smallest absolute Gasteiger partial charge is 0.270 e. The zero-order valence-corrected chi connectivity index (χ0v) is 19.9. The van der Waals surface area contributed by atoms with Gasteiger partial charge in [0.1, 0.15) is 5.75 Å². The highest BCUT2D eigenvalue weighted by Gasteiger charge is 2.38. The maximum atomic E-state index is 12.3. The molecule has 6 nitrogen and oxygen atoms in total. The molecule has 162 valence electrons. The Morgan fingerprint density at radius 1 is 1.17 bits per heavy atom. The molecule has 2 aromatic carbocycles. The van der Waals surface area contributed by atoms with Crippen LogP contribution in [0.4, 0.5) is 5.69 Å². The average molecular weight is 449 g/mol. The van der Waals surface area contributed by atoms with E-state index in [1.807, 2.05) is 24.3 Å². The Morgan fingerprint density at radius 3 is 2.37 bits per heavy atom. The molecule has 2 rings (SSSR count). The minimum absolute atomic E-state index is 0.109. The van der Waals surface area contributed by atoms with Crippen molar-refractivity contribution in [2.75, 3.05) is 6.54 Å². The van der Waals surface area contributed by atoms with E-state index in [0.29, 0.717) is 6.54 Å². The number of hydrogen-bond acceptors (Lipinski definition) is 4. The number of carbonyl (C=O) groups is 1. The molecule has 1 N–H and O–H groups in total. The molecule has 0 saturated heterocycles. The van der Waals surface area contributed by atoms with E-state index >= 15 is 0 Å². The summed E-state index contributed by atoms with van der Waals surface area (Å²) in [5.41, 5.74) is 1.10. The molecular weight excluding hydrogens is 420 g/mol. The van der Waals surface area contributed by atoms with Gasteiger partial charge >= 0.3 is 0 Å². The Balaban J connectivity index is 1.86. The first-order valence-corrected chi connectivity index (χ1v) is 13.2. The van der Waals surface area contributed by atoms with Crippen molar-refractivity contribution >= 4 is 31.5 Å². The van der Waals surface area contributed by atoms with E-state index in [0.717, 1.165) is 24.2 Å². The Hall–Kier alpha value is -2.38. The molecule has 2 aromatic rings.